The minimum Gasteiger partial charge on any atom is -0.489 e. The smallest absolute Gasteiger partial charge is 0.368 e. The van der Waals surface area contributed by atoms with Crippen molar-refractivity contribution in [3.8, 4) is 28.6 Å². The first-order valence-corrected chi connectivity index (χ1v) is 9.25. The van der Waals surface area contributed by atoms with Crippen LogP contribution in [0, 0.1) is 6.92 Å². The van der Waals surface area contributed by atoms with Crippen LogP contribution in [-0.4, -0.2) is 37.1 Å². The lowest BCUT2D eigenvalue weighted by Gasteiger charge is -2.13. The molecule has 0 spiro atoms. The Balaban J connectivity index is 1.60. The number of ether oxygens (including phenoxy) is 2. The summed E-state index contributed by atoms with van der Waals surface area (Å²) in [4.78, 5) is 12.3. The second-order valence-electron chi connectivity index (χ2n) is 6.65. The van der Waals surface area contributed by atoms with Crippen LogP contribution in [-0.2, 0) is 13.7 Å². The summed E-state index contributed by atoms with van der Waals surface area (Å²) in [6.07, 6.45) is 0. The molecule has 2 aromatic heterocycles. The number of benzene rings is 2. The van der Waals surface area contributed by atoms with Crippen molar-refractivity contribution >= 4 is 0 Å². The number of rotatable bonds is 6. The van der Waals surface area contributed by atoms with Gasteiger partial charge in [0.25, 0.3) is 0 Å². The van der Waals surface area contributed by atoms with Crippen molar-refractivity contribution in [1.82, 2.24) is 30.0 Å². The molecule has 2 aromatic carbocycles. The Labute approximate surface area is 172 Å². The zero-order chi connectivity index (χ0) is 21.1. The monoisotopic (exact) mass is 404 g/mol. The zero-order valence-corrected chi connectivity index (χ0v) is 16.8. The Hall–Kier alpha value is -4.01. The van der Waals surface area contributed by atoms with Gasteiger partial charge in [-0.15, -0.1) is 10.2 Å². The molecule has 0 aliphatic carbocycles. The molecule has 30 heavy (non-hydrogen) atoms. The molecule has 0 atom stereocenters. The fraction of sp³-hybridized carbons (Fsp3) is 0.190. The maximum absolute atomic E-state index is 12.3. The second-order valence-corrected chi connectivity index (χ2v) is 6.65. The molecule has 4 rings (SSSR count). The number of hydrogen-bond acceptors (Lipinski definition) is 7. The Morgan fingerprint density at radius 3 is 2.53 bits per heavy atom. The molecule has 4 aromatic rings. The van der Waals surface area contributed by atoms with E-state index in [1.807, 2.05) is 55.5 Å². The van der Waals surface area contributed by atoms with Gasteiger partial charge in [-0.25, -0.2) is 4.79 Å². The molecule has 9 nitrogen and oxygen atoms in total. The first-order valence-electron chi connectivity index (χ1n) is 9.25. The van der Waals surface area contributed by atoms with Crippen LogP contribution in [0.1, 0.15) is 11.1 Å². The molecule has 0 radical (unpaired) electrons. The highest BCUT2D eigenvalue weighted by atomic mass is 16.5. The summed E-state index contributed by atoms with van der Waals surface area (Å²) in [5, 5.41) is 15.9. The number of tetrazole rings is 1. The highest BCUT2D eigenvalue weighted by Gasteiger charge is 2.14. The minimum atomic E-state index is -0.318. The highest BCUT2D eigenvalue weighted by molar-refractivity contribution is 5.60. The summed E-state index contributed by atoms with van der Waals surface area (Å²) in [5.41, 5.74) is 3.76. The van der Waals surface area contributed by atoms with E-state index in [-0.39, 0.29) is 12.3 Å². The molecule has 152 valence electrons. The fourth-order valence-corrected chi connectivity index (χ4v) is 3.02. The molecule has 0 amide bonds. The van der Waals surface area contributed by atoms with E-state index >= 15 is 0 Å². The van der Waals surface area contributed by atoms with Crippen molar-refractivity contribution in [2.75, 3.05) is 7.11 Å². The van der Waals surface area contributed by atoms with Crippen LogP contribution in [0.4, 0.5) is 0 Å². The SMILES string of the molecule is COc1ccc(-c2cccc(OCc3c(C)cccc3-n3nnn(C)c3=O)c2)nn1. The maximum Gasteiger partial charge on any atom is 0.368 e. The lowest BCUT2D eigenvalue weighted by molar-refractivity contribution is 0.305. The molecule has 0 N–H and O–H groups in total. The molecular weight excluding hydrogens is 384 g/mol. The Bertz CT molecular complexity index is 1230. The third-order valence-electron chi connectivity index (χ3n) is 4.70. The van der Waals surface area contributed by atoms with Crippen LogP contribution in [0.3, 0.4) is 0 Å². The molecule has 0 aliphatic heterocycles. The van der Waals surface area contributed by atoms with Gasteiger partial charge in [0.05, 0.1) is 18.5 Å². The van der Waals surface area contributed by atoms with Gasteiger partial charge in [0, 0.05) is 24.2 Å². The van der Waals surface area contributed by atoms with Crippen molar-refractivity contribution in [3.63, 3.8) is 0 Å². The Kier molecular flexibility index (Phi) is 5.25. The van der Waals surface area contributed by atoms with Crippen molar-refractivity contribution in [2.24, 2.45) is 7.05 Å². The first-order chi connectivity index (χ1) is 14.6. The van der Waals surface area contributed by atoms with Gasteiger partial charge in [-0.05, 0) is 47.2 Å². The van der Waals surface area contributed by atoms with E-state index in [4.69, 9.17) is 9.47 Å². The van der Waals surface area contributed by atoms with Gasteiger partial charge in [-0.2, -0.15) is 9.36 Å². The molecule has 0 bridgehead atoms. The van der Waals surface area contributed by atoms with E-state index in [9.17, 15) is 4.79 Å². The largest absolute Gasteiger partial charge is 0.489 e. The maximum atomic E-state index is 12.3. The van der Waals surface area contributed by atoms with E-state index in [0.717, 1.165) is 16.7 Å². The fourth-order valence-electron chi connectivity index (χ4n) is 3.02. The van der Waals surface area contributed by atoms with E-state index in [0.29, 0.717) is 23.0 Å². The predicted molar refractivity (Wildman–Crippen MR) is 110 cm³/mol. The van der Waals surface area contributed by atoms with Crippen molar-refractivity contribution in [3.05, 3.63) is 76.2 Å². The minimum absolute atomic E-state index is 0.267. The van der Waals surface area contributed by atoms with Crippen LogP contribution in [0.5, 0.6) is 11.6 Å². The molecule has 0 saturated carbocycles. The number of aryl methyl sites for hydroxylation is 2. The van der Waals surface area contributed by atoms with Crippen LogP contribution >= 0.6 is 0 Å². The normalized spacial score (nSPS) is 10.8. The van der Waals surface area contributed by atoms with Crippen LogP contribution in [0.25, 0.3) is 16.9 Å². The topological polar surface area (TPSA) is 97.0 Å². The lowest BCUT2D eigenvalue weighted by Crippen LogP contribution is -2.23. The molecule has 0 aliphatic rings. The predicted octanol–water partition coefficient (Wildman–Crippen LogP) is 2.32. The van der Waals surface area contributed by atoms with Gasteiger partial charge in [-0.1, -0.05) is 24.3 Å². The quantitative estimate of drug-likeness (QED) is 0.486. The number of aromatic nitrogens is 6. The van der Waals surface area contributed by atoms with Crippen LogP contribution in [0.2, 0.25) is 0 Å². The molecule has 0 unspecified atom stereocenters. The third kappa shape index (κ3) is 3.77. The summed E-state index contributed by atoms with van der Waals surface area (Å²) in [7, 11) is 3.11. The van der Waals surface area contributed by atoms with Crippen molar-refractivity contribution in [1.29, 1.82) is 0 Å². The summed E-state index contributed by atoms with van der Waals surface area (Å²) >= 11 is 0. The molecular formula is C21H20N6O3. The van der Waals surface area contributed by atoms with E-state index < -0.39 is 0 Å². The average Bonchev–Trinajstić information content (AvgIpc) is 3.11. The zero-order valence-electron chi connectivity index (χ0n) is 16.8. The summed E-state index contributed by atoms with van der Waals surface area (Å²) in [6.45, 7) is 2.23. The molecule has 2 heterocycles. The van der Waals surface area contributed by atoms with Crippen LogP contribution < -0.4 is 15.2 Å². The van der Waals surface area contributed by atoms with E-state index in [2.05, 4.69) is 20.6 Å². The number of nitrogens with zero attached hydrogens (tertiary/aromatic N) is 6. The number of methoxy groups -OCH3 is 1. The third-order valence-corrected chi connectivity index (χ3v) is 4.70. The number of hydrogen-bond donors (Lipinski definition) is 0. The Morgan fingerprint density at radius 2 is 1.83 bits per heavy atom. The van der Waals surface area contributed by atoms with E-state index in [1.165, 1.54) is 9.36 Å². The van der Waals surface area contributed by atoms with Crippen molar-refractivity contribution < 1.29 is 9.47 Å². The van der Waals surface area contributed by atoms with Crippen molar-refractivity contribution in [2.45, 2.75) is 13.5 Å². The van der Waals surface area contributed by atoms with Gasteiger partial charge >= 0.3 is 5.69 Å². The summed E-state index contributed by atoms with van der Waals surface area (Å²) in [6, 6.07) is 16.8. The standard InChI is InChI=1S/C21H20N6O3/c1-14-6-4-9-19(27-21(28)26(2)24-25-27)17(14)13-30-16-8-5-7-15(12-16)18-10-11-20(29-3)23-22-18/h4-12H,13H2,1-3H3. The highest BCUT2D eigenvalue weighted by Crippen LogP contribution is 2.25. The van der Waals surface area contributed by atoms with Gasteiger partial charge in [0.2, 0.25) is 5.88 Å². The lowest BCUT2D eigenvalue weighted by atomic mass is 10.1. The summed E-state index contributed by atoms with van der Waals surface area (Å²) in [5.74, 6) is 1.13. The summed E-state index contributed by atoms with van der Waals surface area (Å²) < 4.78 is 13.6. The Morgan fingerprint density at radius 1 is 1.00 bits per heavy atom. The first kappa shape index (κ1) is 19.3. The molecule has 0 fully saturated rings. The van der Waals surface area contributed by atoms with E-state index in [1.54, 1.807) is 20.2 Å². The van der Waals surface area contributed by atoms with Gasteiger partial charge < -0.3 is 9.47 Å². The van der Waals surface area contributed by atoms with Gasteiger partial charge in [-0.3, -0.25) is 0 Å². The molecule has 9 heteroatoms. The molecule has 0 saturated heterocycles. The average molecular weight is 404 g/mol. The van der Waals surface area contributed by atoms with Gasteiger partial charge in [0.1, 0.15) is 12.4 Å². The second kappa shape index (κ2) is 8.16. The van der Waals surface area contributed by atoms with Gasteiger partial charge in [0.15, 0.2) is 0 Å². The van der Waals surface area contributed by atoms with Crippen LogP contribution in [0.15, 0.2) is 59.4 Å².